The summed E-state index contributed by atoms with van der Waals surface area (Å²) in [7, 11) is 1.60. The molecule has 0 bridgehead atoms. The summed E-state index contributed by atoms with van der Waals surface area (Å²) in [6.45, 7) is 0.683. The van der Waals surface area contributed by atoms with Gasteiger partial charge in [0.25, 0.3) is 0 Å². The summed E-state index contributed by atoms with van der Waals surface area (Å²) in [6.07, 6.45) is 3.34. The predicted octanol–water partition coefficient (Wildman–Crippen LogP) is 3.05. The molecule has 0 saturated heterocycles. The molecule has 1 aliphatic rings. The maximum absolute atomic E-state index is 9.99. The van der Waals surface area contributed by atoms with Gasteiger partial charge in [-0.3, -0.25) is 0 Å². The molecule has 0 radical (unpaired) electrons. The van der Waals surface area contributed by atoms with Crippen LogP contribution in [-0.2, 0) is 19.4 Å². The van der Waals surface area contributed by atoms with E-state index in [9.17, 15) is 5.11 Å². The van der Waals surface area contributed by atoms with E-state index in [1.54, 1.807) is 13.2 Å². The topological polar surface area (TPSA) is 41.5 Å². The number of fused-ring (bicyclic) bond motifs is 1. The summed E-state index contributed by atoms with van der Waals surface area (Å²) in [4.78, 5) is 0. The summed E-state index contributed by atoms with van der Waals surface area (Å²) < 4.78 is 5.10. The molecule has 3 rings (SSSR count). The van der Waals surface area contributed by atoms with Crippen molar-refractivity contribution in [2.45, 2.75) is 31.8 Å². The highest BCUT2D eigenvalue weighted by Gasteiger charge is 2.17. The molecule has 0 aromatic heterocycles. The highest BCUT2D eigenvalue weighted by Crippen LogP contribution is 2.25. The summed E-state index contributed by atoms with van der Waals surface area (Å²) in [6, 6.07) is 14.6. The van der Waals surface area contributed by atoms with Gasteiger partial charge in [-0.2, -0.15) is 0 Å². The fourth-order valence-electron chi connectivity index (χ4n) is 2.95. The van der Waals surface area contributed by atoms with E-state index in [4.69, 9.17) is 4.74 Å². The van der Waals surface area contributed by atoms with Crippen molar-refractivity contribution in [3.8, 4) is 11.5 Å². The van der Waals surface area contributed by atoms with Crippen molar-refractivity contribution in [2.24, 2.45) is 0 Å². The quantitative estimate of drug-likeness (QED) is 0.906. The van der Waals surface area contributed by atoms with Crippen molar-refractivity contribution < 1.29 is 9.84 Å². The van der Waals surface area contributed by atoms with E-state index in [1.165, 1.54) is 11.1 Å². The molecule has 0 saturated carbocycles. The highest BCUT2D eigenvalue weighted by atomic mass is 16.5. The third-order valence-corrected chi connectivity index (χ3v) is 4.22. The number of benzene rings is 2. The summed E-state index contributed by atoms with van der Waals surface area (Å²) in [5.74, 6) is 0.973. The largest absolute Gasteiger partial charge is 0.507 e. The van der Waals surface area contributed by atoms with Gasteiger partial charge in [-0.05, 0) is 36.5 Å². The lowest BCUT2D eigenvalue weighted by Crippen LogP contribution is -2.34. The first-order valence-electron chi connectivity index (χ1n) is 7.42. The smallest absolute Gasteiger partial charge is 0.123 e. The van der Waals surface area contributed by atoms with E-state index < -0.39 is 0 Å². The first-order valence-corrected chi connectivity index (χ1v) is 7.42. The van der Waals surface area contributed by atoms with Gasteiger partial charge in [0.1, 0.15) is 11.5 Å². The van der Waals surface area contributed by atoms with E-state index >= 15 is 0 Å². The van der Waals surface area contributed by atoms with Crippen LogP contribution in [0, 0.1) is 0 Å². The van der Waals surface area contributed by atoms with E-state index in [0.717, 1.165) is 24.8 Å². The lowest BCUT2D eigenvalue weighted by Gasteiger charge is -2.25. The molecular weight excluding hydrogens is 262 g/mol. The van der Waals surface area contributed by atoms with E-state index in [1.807, 2.05) is 12.1 Å². The van der Waals surface area contributed by atoms with Crippen LogP contribution in [0.25, 0.3) is 0 Å². The van der Waals surface area contributed by atoms with Crippen molar-refractivity contribution in [3.63, 3.8) is 0 Å². The molecule has 21 heavy (non-hydrogen) atoms. The van der Waals surface area contributed by atoms with Gasteiger partial charge in [-0.25, -0.2) is 0 Å². The normalized spacial score (nSPS) is 17.3. The molecule has 0 amide bonds. The number of hydrogen-bond donors (Lipinski definition) is 2. The Morgan fingerprint density at radius 2 is 2.00 bits per heavy atom. The van der Waals surface area contributed by atoms with E-state index in [-0.39, 0.29) is 5.75 Å². The van der Waals surface area contributed by atoms with Gasteiger partial charge < -0.3 is 15.2 Å². The Morgan fingerprint density at radius 3 is 2.76 bits per heavy atom. The first-order chi connectivity index (χ1) is 10.3. The number of phenolic OH excluding ortho intramolecular Hbond substituents is 1. The fraction of sp³-hybridized carbons (Fsp3) is 0.333. The van der Waals surface area contributed by atoms with Crippen molar-refractivity contribution >= 4 is 0 Å². The number of rotatable bonds is 4. The zero-order valence-electron chi connectivity index (χ0n) is 12.3. The SMILES string of the molecule is COc1ccc(CNC2CCc3ccccc3C2)c(O)c1. The minimum absolute atomic E-state index is 0.290. The van der Waals surface area contributed by atoms with Crippen LogP contribution in [0.15, 0.2) is 42.5 Å². The van der Waals surface area contributed by atoms with Crippen LogP contribution in [0.4, 0.5) is 0 Å². The molecule has 0 fully saturated rings. The molecule has 110 valence electrons. The Bertz CT molecular complexity index is 624. The molecule has 1 unspecified atom stereocenters. The van der Waals surface area contributed by atoms with Crippen LogP contribution in [-0.4, -0.2) is 18.3 Å². The zero-order valence-corrected chi connectivity index (χ0v) is 12.3. The maximum Gasteiger partial charge on any atom is 0.123 e. The summed E-state index contributed by atoms with van der Waals surface area (Å²) in [5.41, 5.74) is 3.83. The van der Waals surface area contributed by atoms with Crippen molar-refractivity contribution in [1.29, 1.82) is 0 Å². The third-order valence-electron chi connectivity index (χ3n) is 4.22. The van der Waals surface area contributed by atoms with Crippen molar-refractivity contribution in [1.82, 2.24) is 5.32 Å². The predicted molar refractivity (Wildman–Crippen MR) is 83.8 cm³/mol. The van der Waals surface area contributed by atoms with Crippen molar-refractivity contribution in [3.05, 3.63) is 59.2 Å². The second kappa shape index (κ2) is 6.19. The summed E-state index contributed by atoms with van der Waals surface area (Å²) >= 11 is 0. The standard InChI is InChI=1S/C18H21NO2/c1-21-17-9-7-15(18(20)11-17)12-19-16-8-6-13-4-2-3-5-14(13)10-16/h2-5,7,9,11,16,19-20H,6,8,10,12H2,1H3. The molecule has 3 nitrogen and oxygen atoms in total. The van der Waals surface area contributed by atoms with Crippen LogP contribution in [0.1, 0.15) is 23.1 Å². The Balaban J connectivity index is 1.61. The van der Waals surface area contributed by atoms with E-state index in [0.29, 0.717) is 18.3 Å². The van der Waals surface area contributed by atoms with Gasteiger partial charge in [0.05, 0.1) is 7.11 Å². The second-order valence-electron chi connectivity index (χ2n) is 5.58. The molecule has 3 heteroatoms. The van der Waals surface area contributed by atoms with Crippen LogP contribution in [0.5, 0.6) is 11.5 Å². The third kappa shape index (κ3) is 3.19. The molecule has 2 N–H and O–H groups in total. The van der Waals surface area contributed by atoms with Gasteiger partial charge in [0.15, 0.2) is 0 Å². The highest BCUT2D eigenvalue weighted by molar-refractivity contribution is 5.39. The molecule has 2 aromatic carbocycles. The van der Waals surface area contributed by atoms with E-state index in [2.05, 4.69) is 29.6 Å². The minimum atomic E-state index is 0.290. The number of hydrogen-bond acceptors (Lipinski definition) is 3. The van der Waals surface area contributed by atoms with Gasteiger partial charge in [-0.1, -0.05) is 30.3 Å². The number of nitrogens with one attached hydrogen (secondary N) is 1. The molecule has 1 aliphatic carbocycles. The Kier molecular flexibility index (Phi) is 4.11. The van der Waals surface area contributed by atoms with Crippen LogP contribution >= 0.6 is 0 Å². The first kappa shape index (κ1) is 14.0. The average Bonchev–Trinajstić information content (AvgIpc) is 2.53. The summed E-state index contributed by atoms with van der Waals surface area (Å²) in [5, 5.41) is 13.5. The number of phenols is 1. The minimum Gasteiger partial charge on any atom is -0.507 e. The molecule has 2 aromatic rings. The molecule has 1 atom stereocenters. The number of aryl methyl sites for hydroxylation is 1. The molecule has 0 aliphatic heterocycles. The molecule has 0 heterocycles. The van der Waals surface area contributed by atoms with Gasteiger partial charge in [0, 0.05) is 24.2 Å². The molecule has 0 spiro atoms. The molecular formula is C18H21NO2. The van der Waals surface area contributed by atoms with Gasteiger partial charge >= 0.3 is 0 Å². The van der Waals surface area contributed by atoms with Crippen LogP contribution in [0.3, 0.4) is 0 Å². The zero-order chi connectivity index (χ0) is 14.7. The van der Waals surface area contributed by atoms with Gasteiger partial charge in [-0.15, -0.1) is 0 Å². The Morgan fingerprint density at radius 1 is 1.19 bits per heavy atom. The monoisotopic (exact) mass is 283 g/mol. The number of ether oxygens (including phenoxy) is 1. The maximum atomic E-state index is 9.99. The number of methoxy groups -OCH3 is 1. The number of aromatic hydroxyl groups is 1. The fourth-order valence-corrected chi connectivity index (χ4v) is 2.95. The van der Waals surface area contributed by atoms with Gasteiger partial charge in [0.2, 0.25) is 0 Å². The lowest BCUT2D eigenvalue weighted by molar-refractivity contribution is 0.403. The Labute approximate surface area is 125 Å². The van der Waals surface area contributed by atoms with Crippen molar-refractivity contribution in [2.75, 3.05) is 7.11 Å². The van der Waals surface area contributed by atoms with Crippen LogP contribution < -0.4 is 10.1 Å². The average molecular weight is 283 g/mol. The lowest BCUT2D eigenvalue weighted by atomic mass is 9.88. The Hall–Kier alpha value is -2.00. The second-order valence-corrected chi connectivity index (χ2v) is 5.58. The van der Waals surface area contributed by atoms with Crippen LogP contribution in [0.2, 0.25) is 0 Å².